The van der Waals surface area contributed by atoms with Gasteiger partial charge in [-0.3, -0.25) is 4.55 Å². The van der Waals surface area contributed by atoms with Gasteiger partial charge in [0.15, 0.2) is 0 Å². The Balaban J connectivity index is 1.93. The van der Waals surface area contributed by atoms with Crippen LogP contribution in [0.1, 0.15) is 0 Å². The minimum Gasteiger partial charge on any atom is -0.495 e. The van der Waals surface area contributed by atoms with E-state index in [1.807, 2.05) is 36.4 Å². The second-order valence-corrected chi connectivity index (χ2v) is 8.60. The van der Waals surface area contributed by atoms with Crippen LogP contribution in [0.25, 0.3) is 33.6 Å². The maximum absolute atomic E-state index is 11.9. The van der Waals surface area contributed by atoms with Crippen molar-refractivity contribution < 1.29 is 17.7 Å². The molecule has 5 N–H and O–H groups in total. The van der Waals surface area contributed by atoms with Crippen LogP contribution >= 0.6 is 0 Å². The van der Waals surface area contributed by atoms with Crippen molar-refractivity contribution in [2.75, 3.05) is 18.6 Å². The first-order valence-corrected chi connectivity index (χ1v) is 11.1. The Kier molecular flexibility index (Phi) is 5.56. The van der Waals surface area contributed by atoms with Crippen molar-refractivity contribution in [3.05, 3.63) is 78.9 Å². The fourth-order valence-electron chi connectivity index (χ4n) is 3.36. The number of nitrogens with two attached hydrogens (primary N) is 2. The molecule has 4 rings (SSSR count). The zero-order chi connectivity index (χ0) is 22.9. The molecule has 0 unspecified atom stereocenters. The number of pyridine rings is 1. The fraction of sp³-hybridized carbons (Fsp3) is 0.0417. The molecular weight excluding hydrogens is 426 g/mol. The standard InChI is InChI=1S/C24H21N3O4S/c1-31-23-11-6-17(14-24(23)32(28,29)30)18-12-21(15-2-7-19(25)8-3-15)27-22(13-18)16-4-9-20(26)10-5-16/h2-14H,25-26H2,1H3,(H,28,29,30). The predicted octanol–water partition coefficient (Wildman–Crippen LogP) is 4.50. The summed E-state index contributed by atoms with van der Waals surface area (Å²) in [5, 5.41) is 0. The Bertz CT molecular complexity index is 1320. The third-order valence-electron chi connectivity index (χ3n) is 5.01. The van der Waals surface area contributed by atoms with Crippen molar-refractivity contribution in [3.8, 4) is 39.4 Å². The molecule has 0 amide bonds. The van der Waals surface area contributed by atoms with E-state index in [1.165, 1.54) is 19.2 Å². The summed E-state index contributed by atoms with van der Waals surface area (Å²) in [5.41, 5.74) is 17.3. The highest BCUT2D eigenvalue weighted by atomic mass is 32.2. The maximum atomic E-state index is 11.9. The molecule has 0 aliphatic rings. The zero-order valence-electron chi connectivity index (χ0n) is 17.2. The summed E-state index contributed by atoms with van der Waals surface area (Å²) in [5.74, 6) is 0.0582. The zero-order valence-corrected chi connectivity index (χ0v) is 18.0. The largest absolute Gasteiger partial charge is 0.495 e. The molecule has 1 heterocycles. The molecule has 7 nitrogen and oxygen atoms in total. The van der Waals surface area contributed by atoms with E-state index in [0.717, 1.165) is 11.1 Å². The highest BCUT2D eigenvalue weighted by Gasteiger charge is 2.18. The van der Waals surface area contributed by atoms with E-state index < -0.39 is 10.1 Å². The quantitative estimate of drug-likeness (QED) is 0.303. The van der Waals surface area contributed by atoms with Crippen LogP contribution in [0.5, 0.6) is 5.75 Å². The number of methoxy groups -OCH3 is 1. The van der Waals surface area contributed by atoms with Crippen molar-refractivity contribution >= 4 is 21.5 Å². The van der Waals surface area contributed by atoms with Crippen LogP contribution in [-0.2, 0) is 10.1 Å². The van der Waals surface area contributed by atoms with Crippen LogP contribution in [0.2, 0.25) is 0 Å². The number of aromatic nitrogens is 1. The lowest BCUT2D eigenvalue weighted by Crippen LogP contribution is -2.02. The summed E-state index contributed by atoms with van der Waals surface area (Å²) in [7, 11) is -3.14. The van der Waals surface area contributed by atoms with Crippen LogP contribution in [0.3, 0.4) is 0 Å². The molecule has 0 atom stereocenters. The van der Waals surface area contributed by atoms with E-state index in [2.05, 4.69) is 0 Å². The molecule has 0 spiro atoms. The van der Waals surface area contributed by atoms with Gasteiger partial charge in [-0.1, -0.05) is 30.3 Å². The third-order valence-corrected chi connectivity index (χ3v) is 5.89. The number of anilines is 2. The van der Waals surface area contributed by atoms with Gasteiger partial charge in [-0.05, 0) is 59.7 Å². The Hall–Kier alpha value is -3.88. The monoisotopic (exact) mass is 447 g/mol. The van der Waals surface area contributed by atoms with Gasteiger partial charge >= 0.3 is 0 Å². The number of benzene rings is 3. The van der Waals surface area contributed by atoms with Crippen molar-refractivity contribution in [1.82, 2.24) is 4.98 Å². The molecule has 162 valence electrons. The number of ether oxygens (including phenoxy) is 1. The van der Waals surface area contributed by atoms with E-state index in [1.54, 1.807) is 30.3 Å². The minimum atomic E-state index is -4.48. The van der Waals surface area contributed by atoms with E-state index >= 15 is 0 Å². The molecule has 8 heteroatoms. The molecule has 0 radical (unpaired) electrons. The van der Waals surface area contributed by atoms with E-state index in [9.17, 15) is 13.0 Å². The van der Waals surface area contributed by atoms with Crippen LogP contribution in [0, 0.1) is 0 Å². The molecular formula is C24H21N3O4S. The van der Waals surface area contributed by atoms with Gasteiger partial charge in [0.2, 0.25) is 0 Å². The number of nitrogens with zero attached hydrogens (tertiary/aromatic N) is 1. The Morgan fingerprint density at radius 2 is 1.19 bits per heavy atom. The SMILES string of the molecule is COc1ccc(-c2cc(-c3ccc(N)cc3)nc(-c3ccc(N)cc3)c2)cc1S(=O)(=O)O. The Morgan fingerprint density at radius 1 is 0.719 bits per heavy atom. The normalized spacial score (nSPS) is 11.3. The van der Waals surface area contributed by atoms with Crippen molar-refractivity contribution in [2.45, 2.75) is 4.90 Å². The molecule has 4 aromatic rings. The second kappa shape index (κ2) is 8.33. The topological polar surface area (TPSA) is 129 Å². The number of hydrogen-bond donors (Lipinski definition) is 3. The molecule has 0 aliphatic carbocycles. The lowest BCUT2D eigenvalue weighted by molar-refractivity contribution is 0.397. The van der Waals surface area contributed by atoms with E-state index in [-0.39, 0.29) is 10.6 Å². The smallest absolute Gasteiger partial charge is 0.298 e. The first-order chi connectivity index (χ1) is 15.2. The number of hydrogen-bond acceptors (Lipinski definition) is 6. The first-order valence-electron chi connectivity index (χ1n) is 9.64. The van der Waals surface area contributed by atoms with Gasteiger partial charge in [-0.25, -0.2) is 4.98 Å². The van der Waals surface area contributed by atoms with Crippen molar-refractivity contribution in [1.29, 1.82) is 0 Å². The third kappa shape index (κ3) is 4.41. The summed E-state index contributed by atoms with van der Waals surface area (Å²) < 4.78 is 38.5. The van der Waals surface area contributed by atoms with Crippen LogP contribution in [-0.4, -0.2) is 25.1 Å². The van der Waals surface area contributed by atoms with Gasteiger partial charge in [0.1, 0.15) is 10.6 Å². The highest BCUT2D eigenvalue weighted by Crippen LogP contribution is 2.34. The second-order valence-electron chi connectivity index (χ2n) is 7.21. The van der Waals surface area contributed by atoms with E-state index in [4.69, 9.17) is 21.2 Å². The van der Waals surface area contributed by atoms with Crippen molar-refractivity contribution in [2.24, 2.45) is 0 Å². The van der Waals surface area contributed by atoms with Gasteiger partial charge in [-0.15, -0.1) is 0 Å². The van der Waals surface area contributed by atoms with Crippen molar-refractivity contribution in [3.63, 3.8) is 0 Å². The van der Waals surface area contributed by atoms with Gasteiger partial charge in [0, 0.05) is 22.5 Å². The molecule has 1 aromatic heterocycles. The Labute approximate surface area is 186 Å². The summed E-state index contributed by atoms with van der Waals surface area (Å²) in [6.45, 7) is 0. The van der Waals surface area contributed by atoms with Gasteiger partial charge < -0.3 is 16.2 Å². The van der Waals surface area contributed by atoms with Crippen LogP contribution in [0.4, 0.5) is 11.4 Å². The summed E-state index contributed by atoms with van der Waals surface area (Å²) >= 11 is 0. The molecule has 0 aliphatic heterocycles. The summed E-state index contributed by atoms with van der Waals surface area (Å²) in [6.07, 6.45) is 0. The summed E-state index contributed by atoms with van der Waals surface area (Å²) in [6, 6.07) is 22.9. The van der Waals surface area contributed by atoms with Crippen LogP contribution in [0.15, 0.2) is 83.8 Å². The minimum absolute atomic E-state index is 0.0582. The molecule has 3 aromatic carbocycles. The molecule has 0 fully saturated rings. The van der Waals surface area contributed by atoms with E-state index in [0.29, 0.717) is 33.9 Å². The average molecular weight is 448 g/mol. The average Bonchev–Trinajstić information content (AvgIpc) is 2.78. The lowest BCUT2D eigenvalue weighted by atomic mass is 9.99. The summed E-state index contributed by atoms with van der Waals surface area (Å²) in [4.78, 5) is 4.48. The molecule has 0 saturated heterocycles. The molecule has 0 bridgehead atoms. The molecule has 0 saturated carbocycles. The lowest BCUT2D eigenvalue weighted by Gasteiger charge is -2.12. The first kappa shape index (κ1) is 21.4. The number of nitrogen functional groups attached to an aromatic ring is 2. The van der Waals surface area contributed by atoms with Gasteiger partial charge in [0.05, 0.1) is 18.5 Å². The maximum Gasteiger partial charge on any atom is 0.298 e. The Morgan fingerprint density at radius 3 is 1.62 bits per heavy atom. The molecule has 32 heavy (non-hydrogen) atoms. The van der Waals surface area contributed by atoms with Crippen LogP contribution < -0.4 is 16.2 Å². The predicted molar refractivity (Wildman–Crippen MR) is 126 cm³/mol. The highest BCUT2D eigenvalue weighted by molar-refractivity contribution is 7.86. The van der Waals surface area contributed by atoms with Gasteiger partial charge in [0.25, 0.3) is 10.1 Å². The van der Waals surface area contributed by atoms with Gasteiger partial charge in [-0.2, -0.15) is 8.42 Å². The number of rotatable bonds is 5. The fourth-order valence-corrected chi connectivity index (χ4v) is 4.04.